The number of allylic oxidation sites excluding steroid dienone is 4. The van der Waals surface area contributed by atoms with Crippen LogP contribution >= 0.6 is 0 Å². The highest BCUT2D eigenvalue weighted by molar-refractivity contribution is 5.51. The van der Waals surface area contributed by atoms with E-state index in [0.717, 1.165) is 0 Å². The summed E-state index contributed by atoms with van der Waals surface area (Å²) in [4.78, 5) is 0. The van der Waals surface area contributed by atoms with Gasteiger partial charge in [-0.1, -0.05) is 53.9 Å². The van der Waals surface area contributed by atoms with Crippen LogP contribution in [0.3, 0.4) is 0 Å². The highest BCUT2D eigenvalue weighted by Gasteiger charge is 2.32. The molecule has 0 aromatic rings. The van der Waals surface area contributed by atoms with Crippen LogP contribution in [-0.4, -0.2) is 0 Å². The molecule has 1 rings (SSSR count). The van der Waals surface area contributed by atoms with Crippen molar-refractivity contribution in [1.29, 1.82) is 0 Å². The van der Waals surface area contributed by atoms with Crippen LogP contribution in [-0.2, 0) is 0 Å². The van der Waals surface area contributed by atoms with Crippen LogP contribution in [0, 0.1) is 17.3 Å². The van der Waals surface area contributed by atoms with Crippen LogP contribution in [0.1, 0.15) is 34.6 Å². The van der Waals surface area contributed by atoms with Gasteiger partial charge in [0.1, 0.15) is 0 Å². The lowest BCUT2D eigenvalue weighted by Gasteiger charge is -2.25. The van der Waals surface area contributed by atoms with Crippen molar-refractivity contribution in [3.63, 3.8) is 0 Å². The van der Waals surface area contributed by atoms with Crippen LogP contribution in [0.25, 0.3) is 0 Å². The molecule has 0 amide bonds. The second-order valence-corrected chi connectivity index (χ2v) is 5.63. The van der Waals surface area contributed by atoms with Crippen molar-refractivity contribution in [2.75, 3.05) is 0 Å². The lowest BCUT2D eigenvalue weighted by molar-refractivity contribution is 0.481. The van der Waals surface area contributed by atoms with Crippen molar-refractivity contribution in [2.45, 2.75) is 34.6 Å². The zero-order valence-corrected chi connectivity index (χ0v) is 10.1. The molecule has 0 nitrogen and oxygen atoms in total. The van der Waals surface area contributed by atoms with E-state index >= 15 is 0 Å². The van der Waals surface area contributed by atoms with E-state index in [0.29, 0.717) is 11.8 Å². The van der Waals surface area contributed by atoms with Gasteiger partial charge in [-0.25, -0.2) is 0 Å². The standard InChI is InChI=1S/C14H22/c1-9(2)13-10(3)8-12(11(13)4)14(5,6)7/h8-9,13H,3-4H2,1-2,5-7H3. The molecule has 1 aliphatic carbocycles. The van der Waals surface area contributed by atoms with Gasteiger partial charge in [0.25, 0.3) is 0 Å². The fourth-order valence-corrected chi connectivity index (χ4v) is 2.29. The highest BCUT2D eigenvalue weighted by Crippen LogP contribution is 2.45. The van der Waals surface area contributed by atoms with E-state index in [9.17, 15) is 0 Å². The summed E-state index contributed by atoms with van der Waals surface area (Å²) in [5, 5.41) is 0. The summed E-state index contributed by atoms with van der Waals surface area (Å²) in [5.41, 5.74) is 4.08. The summed E-state index contributed by atoms with van der Waals surface area (Å²) >= 11 is 0. The SMILES string of the molecule is C=C1C=C(C(C)(C)C)C(=C)C1C(C)C. The first-order valence-electron chi connectivity index (χ1n) is 5.35. The van der Waals surface area contributed by atoms with E-state index in [2.05, 4.69) is 53.9 Å². The van der Waals surface area contributed by atoms with E-state index < -0.39 is 0 Å². The van der Waals surface area contributed by atoms with Crippen molar-refractivity contribution in [3.8, 4) is 0 Å². The molecule has 1 unspecified atom stereocenters. The van der Waals surface area contributed by atoms with Gasteiger partial charge in [-0.05, 0) is 28.1 Å². The largest absolute Gasteiger partial charge is 0.0952 e. The molecule has 14 heavy (non-hydrogen) atoms. The third-order valence-electron chi connectivity index (χ3n) is 2.93. The monoisotopic (exact) mass is 190 g/mol. The van der Waals surface area contributed by atoms with E-state index in [1.165, 1.54) is 16.7 Å². The first kappa shape index (κ1) is 11.3. The van der Waals surface area contributed by atoms with E-state index in [1.54, 1.807) is 0 Å². The molecule has 0 bridgehead atoms. The minimum atomic E-state index is 0.198. The maximum absolute atomic E-state index is 4.23. The fourth-order valence-electron chi connectivity index (χ4n) is 2.29. The quantitative estimate of drug-likeness (QED) is 0.576. The van der Waals surface area contributed by atoms with E-state index in [-0.39, 0.29) is 5.41 Å². The van der Waals surface area contributed by atoms with E-state index in [4.69, 9.17) is 0 Å². The van der Waals surface area contributed by atoms with Crippen LogP contribution < -0.4 is 0 Å². The van der Waals surface area contributed by atoms with Crippen molar-refractivity contribution in [3.05, 3.63) is 36.0 Å². The average molecular weight is 190 g/mol. The zero-order valence-electron chi connectivity index (χ0n) is 10.1. The molecule has 1 atom stereocenters. The second-order valence-electron chi connectivity index (χ2n) is 5.63. The summed E-state index contributed by atoms with van der Waals surface area (Å²) in [5.74, 6) is 1.07. The molecule has 78 valence electrons. The minimum Gasteiger partial charge on any atom is -0.0952 e. The smallest absolute Gasteiger partial charge is 0.0104 e. The molecule has 0 aromatic heterocycles. The number of hydrogen-bond donors (Lipinski definition) is 0. The van der Waals surface area contributed by atoms with Crippen LogP contribution in [0.15, 0.2) is 36.0 Å². The molecule has 0 aliphatic heterocycles. The molecular weight excluding hydrogens is 168 g/mol. The Hall–Kier alpha value is -0.780. The lowest BCUT2D eigenvalue weighted by atomic mass is 9.79. The predicted molar refractivity (Wildman–Crippen MR) is 64.1 cm³/mol. The van der Waals surface area contributed by atoms with Gasteiger partial charge in [-0.15, -0.1) is 0 Å². The van der Waals surface area contributed by atoms with Gasteiger partial charge in [0.05, 0.1) is 0 Å². The molecule has 0 radical (unpaired) electrons. The Morgan fingerprint density at radius 1 is 1.21 bits per heavy atom. The topological polar surface area (TPSA) is 0 Å². The first-order valence-corrected chi connectivity index (χ1v) is 5.35. The summed E-state index contributed by atoms with van der Waals surface area (Å²) in [6.07, 6.45) is 2.23. The van der Waals surface area contributed by atoms with Gasteiger partial charge < -0.3 is 0 Å². The van der Waals surface area contributed by atoms with Crippen molar-refractivity contribution in [2.24, 2.45) is 17.3 Å². The van der Waals surface area contributed by atoms with Gasteiger partial charge in [0.2, 0.25) is 0 Å². The van der Waals surface area contributed by atoms with Crippen LogP contribution in [0.2, 0.25) is 0 Å². The Morgan fingerprint density at radius 2 is 1.71 bits per heavy atom. The molecule has 0 fully saturated rings. The lowest BCUT2D eigenvalue weighted by Crippen LogP contribution is -2.14. The molecule has 0 heteroatoms. The number of rotatable bonds is 1. The Morgan fingerprint density at radius 3 is 1.93 bits per heavy atom. The zero-order chi connectivity index (χ0) is 11.1. The fraction of sp³-hybridized carbons (Fsp3) is 0.571. The molecular formula is C14H22. The number of hydrogen-bond acceptors (Lipinski definition) is 0. The van der Waals surface area contributed by atoms with Gasteiger partial charge >= 0.3 is 0 Å². The summed E-state index contributed by atoms with van der Waals surface area (Å²) < 4.78 is 0. The summed E-state index contributed by atoms with van der Waals surface area (Å²) in [6, 6.07) is 0. The molecule has 0 saturated carbocycles. The Labute approximate surface area is 88.4 Å². The first-order chi connectivity index (χ1) is 6.25. The Balaban J connectivity index is 3.02. The summed E-state index contributed by atoms with van der Waals surface area (Å²) in [6.45, 7) is 19.5. The van der Waals surface area contributed by atoms with Gasteiger partial charge in [-0.3, -0.25) is 0 Å². The van der Waals surface area contributed by atoms with Crippen molar-refractivity contribution < 1.29 is 0 Å². The molecule has 0 spiro atoms. The summed E-state index contributed by atoms with van der Waals surface area (Å²) in [7, 11) is 0. The van der Waals surface area contributed by atoms with Crippen LogP contribution in [0.5, 0.6) is 0 Å². The van der Waals surface area contributed by atoms with Crippen molar-refractivity contribution in [1.82, 2.24) is 0 Å². The minimum absolute atomic E-state index is 0.198. The third kappa shape index (κ3) is 1.84. The molecule has 0 N–H and O–H groups in total. The van der Waals surface area contributed by atoms with E-state index in [1.807, 2.05) is 0 Å². The molecule has 0 saturated heterocycles. The molecule has 0 heterocycles. The Kier molecular flexibility index (Phi) is 2.76. The van der Waals surface area contributed by atoms with Gasteiger partial charge in [0, 0.05) is 5.92 Å². The second kappa shape index (κ2) is 3.42. The average Bonchev–Trinajstić information content (AvgIpc) is 2.24. The normalized spacial score (nSPS) is 23.3. The van der Waals surface area contributed by atoms with Gasteiger partial charge in [-0.2, -0.15) is 0 Å². The maximum atomic E-state index is 4.23. The molecule has 1 aliphatic rings. The van der Waals surface area contributed by atoms with Gasteiger partial charge in [0.15, 0.2) is 0 Å². The van der Waals surface area contributed by atoms with Crippen LogP contribution in [0.4, 0.5) is 0 Å². The van der Waals surface area contributed by atoms with Crippen molar-refractivity contribution >= 4 is 0 Å². The predicted octanol–water partition coefficient (Wildman–Crippen LogP) is 4.36. The molecule has 0 aromatic carbocycles. The Bertz CT molecular complexity index is 294. The highest BCUT2D eigenvalue weighted by atomic mass is 14.4. The third-order valence-corrected chi connectivity index (χ3v) is 2.93. The maximum Gasteiger partial charge on any atom is 0.0104 e.